The summed E-state index contributed by atoms with van der Waals surface area (Å²) >= 11 is 1.69. The molecule has 0 bridgehead atoms. The number of thioether (sulfide) groups is 1. The van der Waals surface area contributed by atoms with Crippen LogP contribution >= 0.6 is 11.8 Å². The van der Waals surface area contributed by atoms with Crippen molar-refractivity contribution in [2.45, 2.75) is 18.1 Å². The molecule has 1 aromatic carbocycles. The largest absolute Gasteiger partial charge is 0.350 e. The number of nitrogens with zero attached hydrogens (tertiary/aromatic N) is 5. The monoisotopic (exact) mass is 316 g/mol. The number of aromatic nitrogens is 5. The van der Waals surface area contributed by atoms with Crippen LogP contribution in [0.1, 0.15) is 12.0 Å². The van der Waals surface area contributed by atoms with Crippen LogP contribution in [0.2, 0.25) is 0 Å². The minimum Gasteiger partial charge on any atom is -0.350 e. The van der Waals surface area contributed by atoms with Crippen molar-refractivity contribution in [2.24, 2.45) is 14.1 Å². The summed E-state index contributed by atoms with van der Waals surface area (Å²) in [5.74, 6) is 1.01. The summed E-state index contributed by atoms with van der Waals surface area (Å²) < 4.78 is 3.89. The number of hydrogen-bond donors (Lipinski definition) is 1. The molecule has 0 amide bonds. The van der Waals surface area contributed by atoms with Crippen LogP contribution in [0.5, 0.6) is 0 Å². The molecule has 3 aromatic rings. The maximum atomic E-state index is 3.96. The average molecular weight is 316 g/mol. The molecule has 116 valence electrons. The van der Waals surface area contributed by atoms with E-state index >= 15 is 0 Å². The topological polar surface area (TPSA) is 60.6 Å². The second-order valence-corrected chi connectivity index (χ2v) is 6.31. The maximum Gasteiger partial charge on any atom is 0.209 e. The van der Waals surface area contributed by atoms with Gasteiger partial charge in [0.1, 0.15) is 0 Å². The molecule has 0 atom stereocenters. The molecule has 0 saturated heterocycles. The van der Waals surface area contributed by atoms with Gasteiger partial charge >= 0.3 is 0 Å². The Labute approximate surface area is 133 Å². The zero-order chi connectivity index (χ0) is 15.4. The van der Waals surface area contributed by atoms with Crippen LogP contribution in [0.15, 0.2) is 35.6 Å². The van der Waals surface area contributed by atoms with Gasteiger partial charge < -0.3 is 9.88 Å². The van der Waals surface area contributed by atoms with E-state index in [4.69, 9.17) is 0 Å². The Balaban J connectivity index is 1.44. The second kappa shape index (κ2) is 6.93. The lowest BCUT2D eigenvalue weighted by atomic mass is 10.2. The van der Waals surface area contributed by atoms with Crippen LogP contribution in [0.4, 0.5) is 0 Å². The summed E-state index contributed by atoms with van der Waals surface area (Å²) in [6, 6.07) is 8.52. The third-order valence-corrected chi connectivity index (χ3v) is 4.70. The number of fused-ring (bicyclic) bond motifs is 1. The first-order valence-corrected chi connectivity index (χ1v) is 8.33. The number of benzene rings is 1. The first-order chi connectivity index (χ1) is 10.8. The molecular weight excluding hydrogens is 296 g/mol. The number of nitrogens with one attached hydrogen (secondary N) is 1. The van der Waals surface area contributed by atoms with Crippen molar-refractivity contribution in [1.29, 1.82) is 0 Å². The molecule has 7 heteroatoms. The van der Waals surface area contributed by atoms with E-state index in [1.165, 1.54) is 16.5 Å². The number of hydrogen-bond acceptors (Lipinski definition) is 5. The number of tetrazole rings is 1. The van der Waals surface area contributed by atoms with Crippen molar-refractivity contribution in [3.8, 4) is 0 Å². The van der Waals surface area contributed by atoms with Gasteiger partial charge in [-0.05, 0) is 35.0 Å². The van der Waals surface area contributed by atoms with E-state index in [0.29, 0.717) is 0 Å². The fourth-order valence-corrected chi connectivity index (χ4v) is 3.28. The smallest absolute Gasteiger partial charge is 0.209 e. The van der Waals surface area contributed by atoms with Gasteiger partial charge in [0.15, 0.2) is 0 Å². The zero-order valence-electron chi connectivity index (χ0n) is 12.9. The van der Waals surface area contributed by atoms with Crippen molar-refractivity contribution in [3.05, 3.63) is 36.0 Å². The zero-order valence-corrected chi connectivity index (χ0v) is 13.7. The number of para-hydroxylation sites is 1. The molecule has 0 saturated carbocycles. The van der Waals surface area contributed by atoms with E-state index in [1.807, 2.05) is 7.05 Å². The van der Waals surface area contributed by atoms with Gasteiger partial charge in [0, 0.05) is 43.5 Å². The van der Waals surface area contributed by atoms with Crippen LogP contribution in [0.3, 0.4) is 0 Å². The van der Waals surface area contributed by atoms with Crippen LogP contribution in [-0.2, 0) is 20.6 Å². The molecule has 6 nitrogen and oxygen atoms in total. The Bertz CT molecular complexity index is 747. The maximum absolute atomic E-state index is 3.96. The van der Waals surface area contributed by atoms with E-state index in [0.717, 1.165) is 30.4 Å². The highest BCUT2D eigenvalue weighted by atomic mass is 32.2. The van der Waals surface area contributed by atoms with Crippen LogP contribution < -0.4 is 5.32 Å². The molecule has 0 aliphatic rings. The summed E-state index contributed by atoms with van der Waals surface area (Å²) in [5.41, 5.74) is 2.63. The molecule has 22 heavy (non-hydrogen) atoms. The molecular formula is C15H20N6S. The fourth-order valence-electron chi connectivity index (χ4n) is 2.49. The lowest BCUT2D eigenvalue weighted by Crippen LogP contribution is -2.15. The Morgan fingerprint density at radius 3 is 2.91 bits per heavy atom. The highest BCUT2D eigenvalue weighted by molar-refractivity contribution is 7.99. The molecule has 0 spiro atoms. The summed E-state index contributed by atoms with van der Waals surface area (Å²) in [6.45, 7) is 1.89. The van der Waals surface area contributed by atoms with Crippen molar-refractivity contribution in [1.82, 2.24) is 30.1 Å². The van der Waals surface area contributed by atoms with Gasteiger partial charge in [0.25, 0.3) is 0 Å². The molecule has 0 radical (unpaired) electrons. The Morgan fingerprint density at radius 2 is 2.09 bits per heavy atom. The summed E-state index contributed by atoms with van der Waals surface area (Å²) in [7, 11) is 3.96. The normalized spacial score (nSPS) is 11.4. The molecule has 2 aromatic heterocycles. The predicted molar refractivity (Wildman–Crippen MR) is 88.8 cm³/mol. The van der Waals surface area contributed by atoms with Crippen molar-refractivity contribution >= 4 is 22.7 Å². The standard InChI is InChI=1S/C15H20N6S/c1-20-11-12(13-6-3-4-7-14(13)20)10-16-8-5-9-22-15-17-18-19-21(15)2/h3-4,6-7,11,16H,5,8-10H2,1-2H3. The average Bonchev–Trinajstić information content (AvgIpc) is 3.08. The fraction of sp³-hybridized carbons (Fsp3) is 0.400. The van der Waals surface area contributed by atoms with E-state index in [2.05, 4.69) is 62.9 Å². The summed E-state index contributed by atoms with van der Waals surface area (Å²) in [6.07, 6.45) is 3.29. The molecule has 2 heterocycles. The molecule has 0 aliphatic heterocycles. The lowest BCUT2D eigenvalue weighted by molar-refractivity contribution is 0.661. The quantitative estimate of drug-likeness (QED) is 0.533. The Hall–Kier alpha value is -1.86. The van der Waals surface area contributed by atoms with Crippen molar-refractivity contribution < 1.29 is 0 Å². The van der Waals surface area contributed by atoms with Gasteiger partial charge in [-0.1, -0.05) is 30.0 Å². The first kappa shape index (κ1) is 15.1. The number of rotatable bonds is 7. The van der Waals surface area contributed by atoms with Gasteiger partial charge in [-0.15, -0.1) is 5.10 Å². The van der Waals surface area contributed by atoms with Gasteiger partial charge in [0.05, 0.1) is 0 Å². The molecule has 1 N–H and O–H groups in total. The first-order valence-electron chi connectivity index (χ1n) is 7.34. The van der Waals surface area contributed by atoms with Gasteiger partial charge in [0.2, 0.25) is 5.16 Å². The highest BCUT2D eigenvalue weighted by Gasteiger charge is 2.05. The molecule has 0 unspecified atom stereocenters. The van der Waals surface area contributed by atoms with Crippen LogP contribution in [-0.4, -0.2) is 37.1 Å². The third-order valence-electron chi connectivity index (χ3n) is 3.61. The van der Waals surface area contributed by atoms with Gasteiger partial charge in [-0.3, -0.25) is 0 Å². The van der Waals surface area contributed by atoms with Crippen LogP contribution in [0.25, 0.3) is 10.9 Å². The number of aryl methyl sites for hydroxylation is 2. The minimum absolute atomic E-state index is 0.869. The highest BCUT2D eigenvalue weighted by Crippen LogP contribution is 2.20. The van der Waals surface area contributed by atoms with Crippen LogP contribution in [0, 0.1) is 0 Å². The van der Waals surface area contributed by atoms with E-state index < -0.39 is 0 Å². The SMILES string of the molecule is Cn1nnnc1SCCCNCc1cn(C)c2ccccc12. The predicted octanol–water partition coefficient (Wildman–Crippen LogP) is 1.97. The van der Waals surface area contributed by atoms with Gasteiger partial charge in [-0.2, -0.15) is 0 Å². The third kappa shape index (κ3) is 3.31. The van der Waals surface area contributed by atoms with E-state index in [9.17, 15) is 0 Å². The second-order valence-electron chi connectivity index (χ2n) is 5.25. The Morgan fingerprint density at radius 1 is 1.23 bits per heavy atom. The lowest BCUT2D eigenvalue weighted by Gasteiger charge is -2.03. The minimum atomic E-state index is 0.869. The van der Waals surface area contributed by atoms with E-state index in [-0.39, 0.29) is 0 Å². The van der Waals surface area contributed by atoms with E-state index in [1.54, 1.807) is 16.4 Å². The van der Waals surface area contributed by atoms with Crippen molar-refractivity contribution in [3.63, 3.8) is 0 Å². The molecule has 0 fully saturated rings. The van der Waals surface area contributed by atoms with Crippen molar-refractivity contribution in [2.75, 3.05) is 12.3 Å². The van der Waals surface area contributed by atoms with Gasteiger partial charge in [-0.25, -0.2) is 4.68 Å². The Kier molecular flexibility index (Phi) is 4.74. The molecule has 3 rings (SSSR count). The summed E-state index contributed by atoms with van der Waals surface area (Å²) in [4.78, 5) is 0. The summed E-state index contributed by atoms with van der Waals surface area (Å²) in [5, 5.41) is 17.1. The molecule has 0 aliphatic carbocycles.